The number of sulfonamides is 1. The molecular weight excluding hydrogens is 256 g/mol. The van der Waals surface area contributed by atoms with Gasteiger partial charge in [-0.25, -0.2) is 8.42 Å². The summed E-state index contributed by atoms with van der Waals surface area (Å²) < 4.78 is 36.3. The Labute approximate surface area is 110 Å². The van der Waals surface area contributed by atoms with Crippen LogP contribution >= 0.6 is 0 Å². The minimum absolute atomic E-state index is 0.127. The van der Waals surface area contributed by atoms with E-state index < -0.39 is 15.3 Å². The molecule has 2 unspecified atom stereocenters. The maximum Gasteiger partial charge on any atom is 0.218 e. The highest BCUT2D eigenvalue weighted by Gasteiger charge is 2.32. The Morgan fingerprint density at radius 1 is 1.28 bits per heavy atom. The third-order valence-electron chi connectivity index (χ3n) is 2.88. The first-order valence-electron chi connectivity index (χ1n) is 6.14. The van der Waals surface area contributed by atoms with Crippen molar-refractivity contribution in [3.05, 3.63) is 0 Å². The average molecular weight is 282 g/mol. The third-order valence-corrected chi connectivity index (χ3v) is 5.45. The first-order chi connectivity index (χ1) is 8.45. The van der Waals surface area contributed by atoms with Crippen molar-refractivity contribution in [3.63, 3.8) is 0 Å². The van der Waals surface area contributed by atoms with Crippen LogP contribution in [0.5, 0.6) is 0 Å². The Morgan fingerprint density at radius 3 is 2.28 bits per heavy atom. The molecule has 0 aliphatic heterocycles. The van der Waals surface area contributed by atoms with Crippen molar-refractivity contribution < 1.29 is 17.9 Å². The number of methoxy groups -OCH3 is 2. The van der Waals surface area contributed by atoms with Crippen LogP contribution in [0.4, 0.5) is 0 Å². The van der Waals surface area contributed by atoms with Gasteiger partial charge in [0, 0.05) is 33.4 Å². The molecule has 0 aromatic heterocycles. The van der Waals surface area contributed by atoms with Crippen LogP contribution in [-0.4, -0.2) is 64.5 Å². The SMILES string of the molecule is CCC(CN)S(=O)(=O)N(CCOC)C(C)COC. The minimum Gasteiger partial charge on any atom is -0.383 e. The van der Waals surface area contributed by atoms with Gasteiger partial charge in [0.2, 0.25) is 10.0 Å². The van der Waals surface area contributed by atoms with Crippen LogP contribution in [0.25, 0.3) is 0 Å². The van der Waals surface area contributed by atoms with E-state index in [1.54, 1.807) is 14.2 Å². The van der Waals surface area contributed by atoms with E-state index in [2.05, 4.69) is 0 Å². The summed E-state index contributed by atoms with van der Waals surface area (Å²) in [5.41, 5.74) is 5.54. The predicted molar refractivity (Wildman–Crippen MR) is 72.0 cm³/mol. The van der Waals surface area contributed by atoms with Gasteiger partial charge in [-0.2, -0.15) is 4.31 Å². The van der Waals surface area contributed by atoms with Gasteiger partial charge >= 0.3 is 0 Å². The van der Waals surface area contributed by atoms with Crippen LogP contribution in [0.2, 0.25) is 0 Å². The number of hydrogen-bond acceptors (Lipinski definition) is 5. The fraction of sp³-hybridized carbons (Fsp3) is 1.00. The van der Waals surface area contributed by atoms with Crippen LogP contribution in [-0.2, 0) is 19.5 Å². The maximum absolute atomic E-state index is 12.4. The molecule has 0 saturated carbocycles. The second-order valence-corrected chi connectivity index (χ2v) is 6.38. The zero-order valence-electron chi connectivity index (χ0n) is 11.8. The Balaban J connectivity index is 5.02. The molecule has 0 saturated heterocycles. The van der Waals surface area contributed by atoms with Gasteiger partial charge in [-0.05, 0) is 13.3 Å². The largest absolute Gasteiger partial charge is 0.383 e. The summed E-state index contributed by atoms with van der Waals surface area (Å²) in [4.78, 5) is 0. The smallest absolute Gasteiger partial charge is 0.218 e. The average Bonchev–Trinajstić information content (AvgIpc) is 2.30. The molecule has 18 heavy (non-hydrogen) atoms. The summed E-state index contributed by atoms with van der Waals surface area (Å²) >= 11 is 0. The highest BCUT2D eigenvalue weighted by Crippen LogP contribution is 2.15. The van der Waals surface area contributed by atoms with Crippen LogP contribution in [0.3, 0.4) is 0 Å². The van der Waals surface area contributed by atoms with E-state index >= 15 is 0 Å². The molecule has 0 aromatic rings. The molecule has 0 rings (SSSR count). The Morgan fingerprint density at radius 2 is 1.89 bits per heavy atom. The van der Waals surface area contributed by atoms with E-state index in [1.807, 2.05) is 13.8 Å². The standard InChI is InChI=1S/C11H26N2O4S/c1-5-11(8-12)18(14,15)13(6-7-16-3)10(2)9-17-4/h10-11H,5-9,12H2,1-4H3. The summed E-state index contributed by atoms with van der Waals surface area (Å²) in [5.74, 6) is 0. The molecule has 110 valence electrons. The zero-order chi connectivity index (χ0) is 14.2. The highest BCUT2D eigenvalue weighted by molar-refractivity contribution is 7.89. The molecule has 0 heterocycles. The van der Waals surface area contributed by atoms with Crippen molar-refractivity contribution in [2.24, 2.45) is 5.73 Å². The van der Waals surface area contributed by atoms with E-state index in [4.69, 9.17) is 15.2 Å². The lowest BCUT2D eigenvalue weighted by Crippen LogP contribution is -2.48. The fourth-order valence-corrected chi connectivity index (χ4v) is 3.73. The summed E-state index contributed by atoms with van der Waals surface area (Å²) in [7, 11) is -0.308. The number of nitrogens with zero attached hydrogens (tertiary/aromatic N) is 1. The van der Waals surface area contributed by atoms with Crippen LogP contribution in [0.15, 0.2) is 0 Å². The quantitative estimate of drug-likeness (QED) is 0.611. The minimum atomic E-state index is -3.41. The van der Waals surface area contributed by atoms with Crippen molar-refractivity contribution in [2.75, 3.05) is 40.5 Å². The lowest BCUT2D eigenvalue weighted by Gasteiger charge is -2.30. The van der Waals surface area contributed by atoms with Crippen molar-refractivity contribution in [3.8, 4) is 0 Å². The van der Waals surface area contributed by atoms with Gasteiger partial charge in [0.15, 0.2) is 0 Å². The molecule has 0 fully saturated rings. The highest BCUT2D eigenvalue weighted by atomic mass is 32.2. The first kappa shape index (κ1) is 17.8. The lowest BCUT2D eigenvalue weighted by atomic mass is 10.3. The molecule has 0 radical (unpaired) electrons. The topological polar surface area (TPSA) is 81.9 Å². The summed E-state index contributed by atoms with van der Waals surface area (Å²) in [6.07, 6.45) is 0.502. The molecule has 0 aliphatic carbocycles. The number of ether oxygens (including phenoxy) is 2. The summed E-state index contributed by atoms with van der Waals surface area (Å²) in [5, 5.41) is -0.548. The Kier molecular flexibility index (Phi) is 8.71. The van der Waals surface area contributed by atoms with E-state index in [0.717, 1.165) is 0 Å². The van der Waals surface area contributed by atoms with Crippen LogP contribution < -0.4 is 5.73 Å². The third kappa shape index (κ3) is 4.81. The van der Waals surface area contributed by atoms with Gasteiger partial charge < -0.3 is 15.2 Å². The van der Waals surface area contributed by atoms with Crippen molar-refractivity contribution in [2.45, 2.75) is 31.6 Å². The van der Waals surface area contributed by atoms with Crippen LogP contribution in [0, 0.1) is 0 Å². The van der Waals surface area contributed by atoms with Gasteiger partial charge in [-0.3, -0.25) is 0 Å². The van der Waals surface area contributed by atoms with Gasteiger partial charge in [0.1, 0.15) is 0 Å². The molecule has 2 atom stereocenters. The van der Waals surface area contributed by atoms with Gasteiger partial charge in [0.05, 0.1) is 18.5 Å². The molecule has 0 aromatic carbocycles. The molecule has 7 heteroatoms. The molecule has 0 spiro atoms. The fourth-order valence-electron chi connectivity index (χ4n) is 1.79. The lowest BCUT2D eigenvalue weighted by molar-refractivity contribution is 0.118. The molecule has 2 N–H and O–H groups in total. The van der Waals surface area contributed by atoms with Gasteiger partial charge in [-0.1, -0.05) is 6.92 Å². The number of nitrogens with two attached hydrogens (primary N) is 1. The normalized spacial score (nSPS) is 15.9. The van der Waals surface area contributed by atoms with Crippen molar-refractivity contribution >= 4 is 10.0 Å². The Hall–Kier alpha value is -0.210. The van der Waals surface area contributed by atoms with Gasteiger partial charge in [-0.15, -0.1) is 0 Å². The summed E-state index contributed by atoms with van der Waals surface area (Å²) in [6, 6.07) is -0.226. The summed E-state index contributed by atoms with van der Waals surface area (Å²) in [6.45, 7) is 4.80. The predicted octanol–water partition coefficient (Wildman–Crippen LogP) is 0.0368. The van der Waals surface area contributed by atoms with E-state index in [1.165, 1.54) is 4.31 Å². The number of rotatable bonds is 10. The van der Waals surface area contributed by atoms with E-state index in [0.29, 0.717) is 26.2 Å². The zero-order valence-corrected chi connectivity index (χ0v) is 12.6. The number of hydrogen-bond donors (Lipinski definition) is 1. The molecule has 0 amide bonds. The molecular formula is C11H26N2O4S. The van der Waals surface area contributed by atoms with Crippen LogP contribution in [0.1, 0.15) is 20.3 Å². The molecule has 6 nitrogen and oxygen atoms in total. The second-order valence-electron chi connectivity index (χ2n) is 4.22. The monoisotopic (exact) mass is 282 g/mol. The molecule has 0 bridgehead atoms. The van der Waals surface area contributed by atoms with E-state index in [-0.39, 0.29) is 12.6 Å². The van der Waals surface area contributed by atoms with Crippen molar-refractivity contribution in [1.82, 2.24) is 4.31 Å². The van der Waals surface area contributed by atoms with Crippen molar-refractivity contribution in [1.29, 1.82) is 0 Å². The molecule has 0 aliphatic rings. The van der Waals surface area contributed by atoms with E-state index in [9.17, 15) is 8.42 Å². The second kappa shape index (κ2) is 8.82. The first-order valence-corrected chi connectivity index (χ1v) is 7.64. The maximum atomic E-state index is 12.4. The van der Waals surface area contributed by atoms with Gasteiger partial charge in [0.25, 0.3) is 0 Å². The Bertz CT molecular complexity index is 304.